The van der Waals surface area contributed by atoms with Crippen molar-refractivity contribution >= 4 is 46.5 Å². The van der Waals surface area contributed by atoms with Crippen LogP contribution in [0.25, 0.3) is 11.6 Å². The molecule has 0 aliphatic carbocycles. The van der Waals surface area contributed by atoms with Gasteiger partial charge in [0.15, 0.2) is 0 Å². The highest BCUT2D eigenvalue weighted by atomic mass is 35.5. The van der Waals surface area contributed by atoms with Crippen LogP contribution in [0.1, 0.15) is 16.7 Å². The Balaban J connectivity index is 1.73. The minimum absolute atomic E-state index is 0.443. The predicted octanol–water partition coefficient (Wildman–Crippen LogP) is 7.29. The van der Waals surface area contributed by atoms with E-state index in [-0.39, 0.29) is 0 Å². The Morgan fingerprint density at radius 2 is 1.56 bits per heavy atom. The molecule has 0 fully saturated rings. The normalized spacial score (nSPS) is 11.1. The Labute approximate surface area is 173 Å². The molecule has 0 aliphatic rings. The van der Waals surface area contributed by atoms with Gasteiger partial charge in [-0.2, -0.15) is 5.26 Å². The Hall–Kier alpha value is -2.44. The smallest absolute Gasteiger partial charge is 0.119 e. The second-order valence-electron chi connectivity index (χ2n) is 5.78. The van der Waals surface area contributed by atoms with Crippen LogP contribution in [-0.4, -0.2) is 0 Å². The third-order valence-electron chi connectivity index (χ3n) is 3.85. The molecule has 0 aliphatic heterocycles. The van der Waals surface area contributed by atoms with Crippen LogP contribution in [0.5, 0.6) is 5.75 Å². The third kappa shape index (κ3) is 5.28. The number of hydrogen-bond donors (Lipinski definition) is 0. The van der Waals surface area contributed by atoms with Gasteiger partial charge >= 0.3 is 0 Å². The number of allylic oxidation sites excluding steroid dienone is 1. The van der Waals surface area contributed by atoms with E-state index in [9.17, 15) is 5.26 Å². The molecule has 2 nitrogen and oxygen atoms in total. The van der Waals surface area contributed by atoms with Crippen molar-refractivity contribution in [2.75, 3.05) is 0 Å². The van der Waals surface area contributed by atoms with E-state index in [0.717, 1.165) is 16.9 Å². The number of nitrogens with zero attached hydrogens (tertiary/aromatic N) is 1. The Bertz CT molecular complexity index is 1000. The van der Waals surface area contributed by atoms with Gasteiger partial charge in [0, 0.05) is 15.6 Å². The van der Waals surface area contributed by atoms with E-state index in [1.165, 1.54) is 0 Å². The summed E-state index contributed by atoms with van der Waals surface area (Å²) in [6, 6.07) is 22.3. The van der Waals surface area contributed by atoms with Crippen LogP contribution in [0, 0.1) is 11.3 Å². The predicted molar refractivity (Wildman–Crippen MR) is 112 cm³/mol. The summed E-state index contributed by atoms with van der Waals surface area (Å²) < 4.78 is 5.77. The molecule has 0 aromatic heterocycles. The highest BCUT2D eigenvalue weighted by Gasteiger charge is 2.07. The van der Waals surface area contributed by atoms with Crippen LogP contribution >= 0.6 is 34.8 Å². The van der Waals surface area contributed by atoms with Crippen LogP contribution in [0.2, 0.25) is 15.1 Å². The van der Waals surface area contributed by atoms with Gasteiger partial charge in [-0.25, -0.2) is 0 Å². The van der Waals surface area contributed by atoms with Crippen molar-refractivity contribution in [3.05, 3.63) is 98.5 Å². The van der Waals surface area contributed by atoms with Crippen molar-refractivity contribution < 1.29 is 4.74 Å². The second-order valence-corrected chi connectivity index (χ2v) is 7.06. The fraction of sp³-hybridized carbons (Fsp3) is 0.0455. The monoisotopic (exact) mass is 413 g/mol. The van der Waals surface area contributed by atoms with Gasteiger partial charge in [0.2, 0.25) is 0 Å². The first-order chi connectivity index (χ1) is 13.0. The summed E-state index contributed by atoms with van der Waals surface area (Å²) in [6.45, 7) is 0.455. The van der Waals surface area contributed by atoms with Gasteiger partial charge in [-0.15, -0.1) is 0 Å². The summed E-state index contributed by atoms with van der Waals surface area (Å²) in [5, 5.41) is 11.1. The van der Waals surface area contributed by atoms with Crippen LogP contribution in [-0.2, 0) is 6.61 Å². The van der Waals surface area contributed by atoms with E-state index in [0.29, 0.717) is 32.8 Å². The molecule has 0 saturated carbocycles. The fourth-order valence-corrected chi connectivity index (χ4v) is 3.09. The average molecular weight is 415 g/mol. The maximum atomic E-state index is 9.47. The van der Waals surface area contributed by atoms with E-state index < -0.39 is 0 Å². The molecule has 0 heterocycles. The van der Waals surface area contributed by atoms with E-state index in [1.54, 1.807) is 24.3 Å². The molecule has 0 amide bonds. The molecule has 0 unspecified atom stereocenters. The number of halogens is 3. The highest BCUT2D eigenvalue weighted by Crippen LogP contribution is 2.28. The first kappa shape index (κ1) is 19.3. The molecule has 0 bridgehead atoms. The summed E-state index contributed by atoms with van der Waals surface area (Å²) in [7, 11) is 0. The van der Waals surface area contributed by atoms with Crippen molar-refractivity contribution in [2.45, 2.75) is 6.61 Å². The SMILES string of the molecule is N#C/C(=C\c1ccc(OCc2ccc(Cl)cc2)cc1)c1ccc(Cl)cc1Cl. The minimum atomic E-state index is 0.443. The van der Waals surface area contributed by atoms with Gasteiger partial charge in [-0.1, -0.05) is 65.1 Å². The van der Waals surface area contributed by atoms with Crippen LogP contribution in [0.4, 0.5) is 0 Å². The lowest BCUT2D eigenvalue weighted by atomic mass is 10.0. The van der Waals surface area contributed by atoms with Crippen molar-refractivity contribution in [1.82, 2.24) is 0 Å². The molecule has 134 valence electrons. The maximum Gasteiger partial charge on any atom is 0.119 e. The average Bonchev–Trinajstić information content (AvgIpc) is 2.67. The number of hydrogen-bond acceptors (Lipinski definition) is 2. The maximum absolute atomic E-state index is 9.47. The van der Waals surface area contributed by atoms with E-state index in [1.807, 2.05) is 48.5 Å². The van der Waals surface area contributed by atoms with Gasteiger partial charge in [0.1, 0.15) is 12.4 Å². The standard InChI is InChI=1S/C22H14Cl3NO/c23-18-5-1-16(2-6-18)14-27-20-8-3-15(4-9-20)11-17(13-26)21-10-7-19(24)12-22(21)25/h1-12H,14H2/b17-11+. The summed E-state index contributed by atoms with van der Waals surface area (Å²) in [4.78, 5) is 0. The molecule has 0 saturated heterocycles. The topological polar surface area (TPSA) is 33.0 Å². The molecule has 27 heavy (non-hydrogen) atoms. The molecule has 3 aromatic carbocycles. The molecule has 0 spiro atoms. The lowest BCUT2D eigenvalue weighted by Gasteiger charge is -2.07. The van der Waals surface area contributed by atoms with Gasteiger partial charge in [-0.05, 0) is 53.6 Å². The summed E-state index contributed by atoms with van der Waals surface area (Å²) in [5.41, 5.74) is 3.02. The molecular weight excluding hydrogens is 401 g/mol. The third-order valence-corrected chi connectivity index (χ3v) is 4.65. The second kappa shape index (κ2) is 8.97. The first-order valence-electron chi connectivity index (χ1n) is 8.10. The van der Waals surface area contributed by atoms with Crippen LogP contribution in [0.15, 0.2) is 66.7 Å². The summed E-state index contributed by atoms with van der Waals surface area (Å²) >= 11 is 18.0. The Morgan fingerprint density at radius 1 is 0.889 bits per heavy atom. The minimum Gasteiger partial charge on any atom is -0.489 e. The number of benzene rings is 3. The van der Waals surface area contributed by atoms with Crippen molar-refractivity contribution in [1.29, 1.82) is 5.26 Å². The lowest BCUT2D eigenvalue weighted by Crippen LogP contribution is -1.94. The fourth-order valence-electron chi connectivity index (χ4n) is 2.45. The molecule has 5 heteroatoms. The van der Waals surface area contributed by atoms with E-state index in [4.69, 9.17) is 39.5 Å². The Kier molecular flexibility index (Phi) is 6.42. The van der Waals surface area contributed by atoms with Gasteiger partial charge in [0.05, 0.1) is 16.7 Å². The van der Waals surface area contributed by atoms with Crippen LogP contribution in [0.3, 0.4) is 0 Å². The molecule has 0 N–H and O–H groups in total. The zero-order chi connectivity index (χ0) is 19.2. The van der Waals surface area contributed by atoms with Crippen LogP contribution < -0.4 is 4.74 Å². The van der Waals surface area contributed by atoms with Gasteiger partial charge in [0.25, 0.3) is 0 Å². The molecule has 3 rings (SSSR count). The number of ether oxygens (including phenoxy) is 1. The van der Waals surface area contributed by atoms with E-state index >= 15 is 0 Å². The summed E-state index contributed by atoms with van der Waals surface area (Å²) in [5.74, 6) is 0.741. The Morgan fingerprint density at radius 3 is 2.19 bits per heavy atom. The van der Waals surface area contributed by atoms with Crippen molar-refractivity contribution in [2.24, 2.45) is 0 Å². The largest absolute Gasteiger partial charge is 0.489 e. The molecular formula is C22H14Cl3NO. The molecule has 0 atom stereocenters. The van der Waals surface area contributed by atoms with Crippen molar-refractivity contribution in [3.63, 3.8) is 0 Å². The zero-order valence-electron chi connectivity index (χ0n) is 14.1. The zero-order valence-corrected chi connectivity index (χ0v) is 16.4. The van der Waals surface area contributed by atoms with Gasteiger partial charge in [-0.3, -0.25) is 0 Å². The molecule has 0 radical (unpaired) electrons. The number of nitriles is 1. The highest BCUT2D eigenvalue weighted by molar-refractivity contribution is 6.36. The lowest BCUT2D eigenvalue weighted by molar-refractivity contribution is 0.306. The van der Waals surface area contributed by atoms with Crippen molar-refractivity contribution in [3.8, 4) is 11.8 Å². The van der Waals surface area contributed by atoms with Gasteiger partial charge < -0.3 is 4.74 Å². The first-order valence-corrected chi connectivity index (χ1v) is 9.23. The number of rotatable bonds is 5. The quantitative estimate of drug-likeness (QED) is 0.324. The molecule has 3 aromatic rings. The van der Waals surface area contributed by atoms with E-state index in [2.05, 4.69) is 6.07 Å². The summed E-state index contributed by atoms with van der Waals surface area (Å²) in [6.07, 6.45) is 1.78.